The van der Waals surface area contributed by atoms with Crippen LogP contribution in [0.1, 0.15) is 0 Å². The van der Waals surface area contributed by atoms with Crippen LogP contribution >= 0.6 is 0 Å². The third-order valence-corrected chi connectivity index (χ3v) is 29.0. The van der Waals surface area contributed by atoms with Crippen molar-refractivity contribution in [3.8, 4) is 0 Å². The summed E-state index contributed by atoms with van der Waals surface area (Å²) in [4.78, 5) is 0. The predicted molar refractivity (Wildman–Crippen MR) is 95.5 cm³/mol. The maximum atomic E-state index is 14.8. The van der Waals surface area contributed by atoms with E-state index < -0.39 is 42.7 Å². The van der Waals surface area contributed by atoms with E-state index in [1.54, 1.807) is 13.1 Å². The molecule has 0 fully saturated rings. The van der Waals surface area contributed by atoms with Crippen molar-refractivity contribution in [3.05, 3.63) is 0 Å². The van der Waals surface area contributed by atoms with Gasteiger partial charge in [0.2, 0.25) is 0 Å². The van der Waals surface area contributed by atoms with Gasteiger partial charge in [0.15, 0.2) is 8.40 Å². The minimum Gasteiger partial charge on any atom is -0.306 e. The van der Waals surface area contributed by atoms with E-state index in [1.807, 2.05) is 0 Å². The van der Waals surface area contributed by atoms with E-state index in [4.69, 9.17) is 0 Å². The lowest BCUT2D eigenvalue weighted by Crippen LogP contribution is -2.81. The van der Waals surface area contributed by atoms with Crippen LogP contribution in [0.2, 0.25) is 65.5 Å². The predicted octanol–water partition coefficient (Wildman–Crippen LogP) is 4.98. The maximum absolute atomic E-state index is 14.8. The van der Waals surface area contributed by atoms with Gasteiger partial charge in [-0.1, -0.05) is 0 Å². The van der Waals surface area contributed by atoms with Gasteiger partial charge in [0.05, 0.1) is 0 Å². The summed E-state index contributed by atoms with van der Waals surface area (Å²) >= 11 is 0. The molecule has 128 valence electrons. The zero-order valence-corrected chi connectivity index (χ0v) is 19.9. The van der Waals surface area contributed by atoms with Crippen LogP contribution in [0.5, 0.6) is 0 Å². The van der Waals surface area contributed by atoms with Gasteiger partial charge in [-0.2, -0.15) is 0 Å². The van der Waals surface area contributed by atoms with Crippen molar-refractivity contribution in [2.45, 2.75) is 65.5 Å². The second kappa shape index (κ2) is 5.98. The molecule has 0 aliphatic rings. The van der Waals surface area contributed by atoms with Crippen LogP contribution in [0.25, 0.3) is 0 Å². The molecule has 0 unspecified atom stereocenters. The molecule has 0 heterocycles. The molecule has 0 aromatic rings. The summed E-state index contributed by atoms with van der Waals surface area (Å²) in [6.07, 6.45) is 0. The van der Waals surface area contributed by atoms with Crippen molar-refractivity contribution in [2.24, 2.45) is 0 Å². The first kappa shape index (κ1) is 21.7. The third kappa shape index (κ3) is 5.39. The summed E-state index contributed by atoms with van der Waals surface area (Å²) in [6, 6.07) is 0. The van der Waals surface area contributed by atoms with Gasteiger partial charge in [-0.25, -0.2) is 0 Å². The van der Waals surface area contributed by atoms with E-state index in [-0.39, 0.29) is 0 Å². The Hall–Kier alpha value is 0.724. The summed E-state index contributed by atoms with van der Waals surface area (Å²) < 4.78 is 62.0. The van der Waals surface area contributed by atoms with Crippen molar-refractivity contribution in [1.82, 2.24) is 7.79 Å². The van der Waals surface area contributed by atoms with Crippen LogP contribution in [-0.4, -0.2) is 50.5 Å². The molecule has 0 amide bonds. The van der Waals surface area contributed by atoms with Crippen molar-refractivity contribution in [1.29, 1.82) is 0 Å². The second-order valence-electron chi connectivity index (χ2n) is 7.80. The van der Waals surface area contributed by atoms with Gasteiger partial charge in [0, 0.05) is 0 Å². The van der Waals surface area contributed by atoms with E-state index in [2.05, 4.69) is 0 Å². The molecule has 0 aliphatic carbocycles. The number of hydrogen-bond acceptors (Lipinski definition) is 2. The Morgan fingerprint density at radius 2 is 0.571 bits per heavy atom. The van der Waals surface area contributed by atoms with Gasteiger partial charge >= 0.3 is 34.3 Å². The average molecular weight is 395 g/mol. The smallest absolute Gasteiger partial charge is 0.306 e. The quantitative estimate of drug-likeness (QED) is 0.356. The third-order valence-electron chi connectivity index (χ3n) is 3.22. The number of hydrogen-bond donors (Lipinski definition) is 0. The maximum Gasteiger partial charge on any atom is 0.306 e. The molecule has 0 atom stereocenters. The van der Waals surface area contributed by atoms with Gasteiger partial charge in [-0.15, -0.1) is 0 Å². The molecule has 0 bridgehead atoms. The number of rotatable bonds is 6. The Bertz CT molecular complexity index is 306. The Kier molecular flexibility index (Phi) is 6.18. The van der Waals surface area contributed by atoms with Crippen LogP contribution in [0.4, 0.5) is 16.4 Å². The summed E-state index contributed by atoms with van der Waals surface area (Å²) in [7, 11) is -17.2. The summed E-state index contributed by atoms with van der Waals surface area (Å²) in [5, 5.41) is 0. The minimum atomic E-state index is -3.53. The van der Waals surface area contributed by atoms with Gasteiger partial charge < -0.3 is 7.79 Å². The van der Waals surface area contributed by atoms with Crippen molar-refractivity contribution in [3.63, 3.8) is 0 Å². The lowest BCUT2D eigenvalue weighted by molar-refractivity contribution is 0.560. The molecule has 0 saturated carbocycles. The fourth-order valence-corrected chi connectivity index (χ4v) is 37.5. The normalized spacial score (nSPS) is 16.0. The molecule has 11 heteroatoms. The van der Waals surface area contributed by atoms with Crippen LogP contribution in [0.3, 0.4) is 0 Å². The molecule has 0 spiro atoms. The van der Waals surface area contributed by atoms with E-state index in [0.29, 0.717) is 0 Å². The molecule has 0 N–H and O–H groups in total. The van der Waals surface area contributed by atoms with Gasteiger partial charge in [0.1, 0.15) is 0 Å². The van der Waals surface area contributed by atoms with Crippen molar-refractivity contribution < 1.29 is 16.4 Å². The topological polar surface area (TPSA) is 6.48 Å². The molecule has 0 aromatic carbocycles. The van der Waals surface area contributed by atoms with Crippen molar-refractivity contribution >= 4 is 42.7 Å². The first-order valence-corrected chi connectivity index (χ1v) is 21.3. The van der Waals surface area contributed by atoms with Crippen LogP contribution in [0, 0.1) is 0 Å². The number of nitrogens with zero attached hydrogens (tertiary/aromatic N) is 2. The van der Waals surface area contributed by atoms with Crippen LogP contribution in [0.15, 0.2) is 0 Å². The molecule has 2 nitrogen and oxygen atoms in total. The van der Waals surface area contributed by atoms with Gasteiger partial charge in [0.25, 0.3) is 0 Å². The largest absolute Gasteiger partial charge is 0.306 e. The molecule has 0 saturated heterocycles. The molecular formula is C10H30F4N2Si5. The first-order valence-electron chi connectivity index (χ1n) is 7.10. The highest BCUT2D eigenvalue weighted by atomic mass is 28.6. The zero-order valence-electron chi connectivity index (χ0n) is 14.9. The van der Waals surface area contributed by atoms with E-state index >= 15 is 0 Å². The highest BCUT2D eigenvalue weighted by Gasteiger charge is 2.61. The lowest BCUT2D eigenvalue weighted by Gasteiger charge is -2.56. The lowest BCUT2D eigenvalue weighted by atomic mass is 11.9. The van der Waals surface area contributed by atoms with E-state index in [9.17, 15) is 16.4 Å². The van der Waals surface area contributed by atoms with E-state index in [1.165, 1.54) is 60.2 Å². The Balaban J connectivity index is 6.21. The summed E-state index contributed by atoms with van der Waals surface area (Å²) in [5.41, 5.74) is 0. The second-order valence-corrected chi connectivity index (χ2v) is 27.4. The highest BCUT2D eigenvalue weighted by Crippen LogP contribution is 2.37. The molecule has 21 heavy (non-hydrogen) atoms. The number of halogens is 4. The van der Waals surface area contributed by atoms with Gasteiger partial charge in [-0.05, 0) is 65.5 Å². The first-order chi connectivity index (χ1) is 8.73. The fraction of sp³-hybridized carbons (Fsp3) is 1.00. The Morgan fingerprint density at radius 1 is 0.429 bits per heavy atom. The Labute approximate surface area is 132 Å². The van der Waals surface area contributed by atoms with E-state index in [0.717, 1.165) is 0 Å². The van der Waals surface area contributed by atoms with Crippen LogP contribution in [-0.2, 0) is 0 Å². The van der Waals surface area contributed by atoms with Crippen LogP contribution < -0.4 is 0 Å². The summed E-state index contributed by atoms with van der Waals surface area (Å²) in [5.74, 6) is 0. The highest BCUT2D eigenvalue weighted by molar-refractivity contribution is 7.08. The zero-order chi connectivity index (χ0) is 17.7. The molecule has 0 rings (SSSR count). The SMILES string of the molecule is C[Si](C)(F)N([Si](C)(C)F)[Si](C)(C)N([Si](C)(C)F)[Si](C)(C)F. The Morgan fingerprint density at radius 3 is 0.667 bits per heavy atom. The van der Waals surface area contributed by atoms with Gasteiger partial charge in [-0.3, -0.25) is 16.4 Å². The monoisotopic (exact) mass is 394 g/mol. The average Bonchev–Trinajstić information content (AvgIpc) is 1.84. The molecule has 0 aromatic heterocycles. The molecule has 0 radical (unpaired) electrons. The molecular weight excluding hydrogens is 365 g/mol. The summed E-state index contributed by atoms with van der Waals surface area (Å²) in [6.45, 7) is 14.7. The minimum absolute atomic E-state index is 1.33. The standard InChI is InChI=1S/C10H30F4N2Si5/c1-17(2,11)15(18(3,4)12)21(9,10)16(19(5,6)13)20(7,8)14/h1-10H3. The fourth-order valence-electron chi connectivity index (χ4n) is 3.97. The van der Waals surface area contributed by atoms with Crippen molar-refractivity contribution in [2.75, 3.05) is 0 Å². The molecule has 0 aliphatic heterocycles.